The van der Waals surface area contributed by atoms with E-state index < -0.39 is 41.5 Å². The zero-order valence-electron chi connectivity index (χ0n) is 40.3. The molecule has 366 valence electrons. The molecule has 1 aliphatic carbocycles. The first-order valence-corrected chi connectivity index (χ1v) is 25.5. The highest BCUT2D eigenvalue weighted by molar-refractivity contribution is 7.15. The fourth-order valence-corrected chi connectivity index (χ4v) is 11.4. The number of aliphatic hydroxyl groups is 1. The first-order chi connectivity index (χ1) is 32.9. The van der Waals surface area contributed by atoms with Crippen molar-refractivity contribution in [3.8, 4) is 15.4 Å². The van der Waals surface area contributed by atoms with Crippen LogP contribution in [0.25, 0.3) is 15.4 Å². The Morgan fingerprint density at radius 2 is 1.59 bits per heavy atom. The van der Waals surface area contributed by atoms with E-state index in [1.165, 1.54) is 15.3 Å². The van der Waals surface area contributed by atoms with Gasteiger partial charge in [-0.15, -0.1) is 32.9 Å². The molecule has 69 heavy (non-hydrogen) atoms. The summed E-state index contributed by atoms with van der Waals surface area (Å²) in [5.74, 6) is -0.140. The largest absolute Gasteiger partial charge is 0.391 e. The molecule has 8 rings (SSSR count). The normalized spacial score (nSPS) is 20.8. The Kier molecular flexibility index (Phi) is 15.2. The Morgan fingerprint density at radius 1 is 0.899 bits per heavy atom. The van der Waals surface area contributed by atoms with Crippen LogP contribution in [0.5, 0.6) is 0 Å². The average Bonchev–Trinajstić information content (AvgIpc) is 4.06. The van der Waals surface area contributed by atoms with Gasteiger partial charge >= 0.3 is 0 Å². The molecule has 1 saturated carbocycles. The van der Waals surface area contributed by atoms with Gasteiger partial charge < -0.3 is 35.4 Å². The van der Waals surface area contributed by atoms with E-state index in [1.54, 1.807) is 22.7 Å². The van der Waals surface area contributed by atoms with Gasteiger partial charge in [0.05, 0.1) is 43.1 Å². The van der Waals surface area contributed by atoms with Gasteiger partial charge in [0.25, 0.3) is 0 Å². The number of likely N-dealkylation sites (tertiary alicyclic amines) is 1. The third-order valence-corrected chi connectivity index (χ3v) is 15.7. The number of carbonyl (C=O) groups excluding carboxylic acids is 4. The lowest BCUT2D eigenvalue weighted by molar-refractivity contribution is -0.147. The van der Waals surface area contributed by atoms with Crippen LogP contribution in [-0.2, 0) is 28.7 Å². The van der Waals surface area contributed by atoms with Gasteiger partial charge in [0, 0.05) is 45.4 Å². The highest BCUT2D eigenvalue weighted by atomic mass is 35.5. The molecular weight excluding hydrogens is 936 g/mol. The second-order valence-corrected chi connectivity index (χ2v) is 22.0. The molecule has 0 radical (unpaired) electrons. The number of hydrogen-bond acceptors (Lipinski definition) is 12. The number of fused-ring (bicyclic) bond motifs is 3. The molecule has 5 aromatic rings. The fraction of sp³-hybridized carbons (Fsp3) is 0.471. The first kappa shape index (κ1) is 50.1. The maximum atomic E-state index is 14.2. The molecule has 4 N–H and O–H groups in total. The van der Waals surface area contributed by atoms with Crippen LogP contribution in [0.15, 0.2) is 65.0 Å². The van der Waals surface area contributed by atoms with Gasteiger partial charge in [-0.3, -0.25) is 28.7 Å². The van der Waals surface area contributed by atoms with Gasteiger partial charge in [0.2, 0.25) is 23.6 Å². The summed E-state index contributed by atoms with van der Waals surface area (Å²) < 4.78 is 13.9. The SMILES string of the molecule is Cc1ccsc1-c1ccc([C@H](C)NC(=O)[C@@H]2C[C@@H](O)CN2C(=O)[C@@H](NC(=O)COC2CC(OCCNC(=O)C[C@@H]3N=C(c4ccc(Cl)cc4)c4c(sc(C)c4C)-n4c(C)nnc43)C2)C(C)(C)C)cc1. The summed E-state index contributed by atoms with van der Waals surface area (Å²) in [6.07, 6.45) is 0.114. The van der Waals surface area contributed by atoms with Crippen molar-refractivity contribution in [2.24, 2.45) is 10.4 Å². The summed E-state index contributed by atoms with van der Waals surface area (Å²) >= 11 is 9.58. The smallest absolute Gasteiger partial charge is 0.246 e. The number of carbonyl (C=O) groups is 4. The molecule has 15 nitrogen and oxygen atoms in total. The maximum Gasteiger partial charge on any atom is 0.246 e. The van der Waals surface area contributed by atoms with Crippen LogP contribution in [0.1, 0.15) is 110 Å². The van der Waals surface area contributed by atoms with Crippen LogP contribution in [0.3, 0.4) is 0 Å². The Hall–Kier alpha value is -5.30. The number of benzene rings is 2. The fourth-order valence-electron chi connectivity index (χ4n) is 9.09. The molecule has 0 bridgehead atoms. The van der Waals surface area contributed by atoms with Crippen molar-refractivity contribution in [3.63, 3.8) is 0 Å². The standard InChI is InChI=1S/C51H61ClN8O7S2/c1-27-17-20-68-45(27)34-11-9-32(10-12-34)29(3)54-48(64)40-21-36(61)25-59(40)49(65)46(51(6,7)8)56-42(63)26-67-38-22-37(23-38)66-19-18-53-41(62)24-39-47-58-57-31(5)60(47)50-43(28(2)30(4)69-50)44(55-39)33-13-15-35(52)16-14-33/h9-17,20,29,36-40,46,61H,18-19,21-26H2,1-8H3,(H,53,62)(H,54,64)(H,56,63)/t29-,36+,37?,38?,39-,40-,46+/m0/s1. The molecule has 4 amide bonds. The Morgan fingerprint density at radius 3 is 2.28 bits per heavy atom. The summed E-state index contributed by atoms with van der Waals surface area (Å²) in [7, 11) is 0. The second-order valence-electron chi connectivity index (χ2n) is 19.4. The van der Waals surface area contributed by atoms with E-state index in [0.29, 0.717) is 36.8 Å². The van der Waals surface area contributed by atoms with Crippen molar-refractivity contribution in [2.45, 2.75) is 124 Å². The topological polar surface area (TPSA) is 189 Å². The van der Waals surface area contributed by atoms with Crippen LogP contribution in [0.2, 0.25) is 5.02 Å². The van der Waals surface area contributed by atoms with Gasteiger partial charge in [-0.1, -0.05) is 68.8 Å². The highest BCUT2D eigenvalue weighted by Gasteiger charge is 2.45. The van der Waals surface area contributed by atoms with E-state index in [2.05, 4.69) is 58.4 Å². The van der Waals surface area contributed by atoms with Gasteiger partial charge in [0.1, 0.15) is 35.6 Å². The molecule has 0 unspecified atom stereocenters. The summed E-state index contributed by atoms with van der Waals surface area (Å²) in [5, 5.41) is 32.1. The maximum absolute atomic E-state index is 14.2. The second kappa shape index (κ2) is 21.0. The quantitative estimate of drug-likeness (QED) is 0.0737. The predicted octanol–water partition coefficient (Wildman–Crippen LogP) is 7.28. The van der Waals surface area contributed by atoms with Crippen molar-refractivity contribution in [2.75, 3.05) is 26.3 Å². The van der Waals surface area contributed by atoms with Crippen LogP contribution in [0.4, 0.5) is 0 Å². The Labute approximate surface area is 416 Å². The van der Waals surface area contributed by atoms with E-state index >= 15 is 0 Å². The van der Waals surface area contributed by atoms with Crippen molar-refractivity contribution < 1.29 is 33.8 Å². The third-order valence-electron chi connectivity index (χ3n) is 13.2. The highest BCUT2D eigenvalue weighted by Crippen LogP contribution is 2.40. The van der Waals surface area contributed by atoms with E-state index in [9.17, 15) is 24.3 Å². The number of nitrogens with one attached hydrogen (secondary N) is 3. The zero-order chi connectivity index (χ0) is 49.3. The van der Waals surface area contributed by atoms with Crippen LogP contribution >= 0.6 is 34.3 Å². The van der Waals surface area contributed by atoms with E-state index in [4.69, 9.17) is 26.1 Å². The number of thiophene rings is 2. The summed E-state index contributed by atoms with van der Waals surface area (Å²) in [4.78, 5) is 63.5. The third kappa shape index (κ3) is 11.2. The summed E-state index contributed by atoms with van der Waals surface area (Å²) in [5.41, 5.74) is 6.31. The minimum Gasteiger partial charge on any atom is -0.391 e. The molecule has 5 heterocycles. The molecule has 1 saturated heterocycles. The van der Waals surface area contributed by atoms with Crippen molar-refractivity contribution in [1.29, 1.82) is 0 Å². The molecule has 3 aromatic heterocycles. The van der Waals surface area contributed by atoms with Crippen molar-refractivity contribution in [1.82, 2.24) is 35.6 Å². The monoisotopic (exact) mass is 996 g/mol. The van der Waals surface area contributed by atoms with Gasteiger partial charge in [0.15, 0.2) is 5.82 Å². The van der Waals surface area contributed by atoms with Gasteiger partial charge in [-0.25, -0.2) is 0 Å². The van der Waals surface area contributed by atoms with Crippen LogP contribution in [0, 0.1) is 33.1 Å². The molecule has 18 heteroatoms. The Bertz CT molecular complexity index is 2720. The lowest BCUT2D eigenvalue weighted by Gasteiger charge is -2.36. The van der Waals surface area contributed by atoms with Gasteiger partial charge in [-0.05, 0) is 98.7 Å². The van der Waals surface area contributed by atoms with Crippen molar-refractivity contribution >= 4 is 63.6 Å². The molecule has 2 aromatic carbocycles. The van der Waals surface area contributed by atoms with Crippen LogP contribution in [-0.4, -0.2) is 111 Å². The van der Waals surface area contributed by atoms with Crippen molar-refractivity contribution in [3.05, 3.63) is 109 Å². The van der Waals surface area contributed by atoms with E-state index in [0.717, 1.165) is 49.2 Å². The minimum absolute atomic E-state index is 0.0208. The molecule has 2 aliphatic heterocycles. The molecule has 5 atom stereocenters. The number of aliphatic imine (C=N–C) groups is 1. The number of β-amino-alcohol motifs (C(OH)–C–C–N with tert-alkyl or cyclic N) is 1. The molecular formula is C51H61ClN8O7S2. The molecule has 0 spiro atoms. The number of ether oxygens (including phenoxy) is 2. The minimum atomic E-state index is -0.975. The first-order valence-electron chi connectivity index (χ1n) is 23.4. The number of aliphatic hydroxyl groups excluding tert-OH is 1. The lowest BCUT2D eigenvalue weighted by atomic mass is 9.85. The van der Waals surface area contributed by atoms with Crippen LogP contribution < -0.4 is 16.0 Å². The summed E-state index contributed by atoms with van der Waals surface area (Å²) in [6, 6.07) is 14.9. The molecule has 2 fully saturated rings. The average molecular weight is 998 g/mol. The zero-order valence-corrected chi connectivity index (χ0v) is 42.7. The number of hydrogen-bond donors (Lipinski definition) is 4. The molecule has 3 aliphatic rings. The van der Waals surface area contributed by atoms with Gasteiger partial charge in [-0.2, -0.15) is 0 Å². The number of aryl methyl sites for hydroxylation is 3. The Balaban J connectivity index is 0.784. The summed E-state index contributed by atoms with van der Waals surface area (Å²) in [6.45, 7) is 15.9. The number of halogens is 1. The van der Waals surface area contributed by atoms with E-state index in [-0.39, 0.29) is 56.1 Å². The lowest BCUT2D eigenvalue weighted by Crippen LogP contribution is -2.58. The predicted molar refractivity (Wildman–Crippen MR) is 268 cm³/mol. The van der Waals surface area contributed by atoms with E-state index in [1.807, 2.05) is 87.7 Å². The number of aromatic nitrogens is 3. The number of rotatable bonds is 16. The number of amides is 4. The number of nitrogens with zero attached hydrogens (tertiary/aromatic N) is 5.